The first-order chi connectivity index (χ1) is 15.1. The van der Waals surface area contributed by atoms with Gasteiger partial charge in [-0.05, 0) is 46.5 Å². The molecule has 1 aromatic heterocycles. The molecule has 1 N–H and O–H groups in total. The number of fused-ring (bicyclic) bond motifs is 1. The number of benzene rings is 3. The first kappa shape index (κ1) is 21.0. The van der Waals surface area contributed by atoms with Crippen LogP contribution in [0.15, 0.2) is 72.2 Å². The fourth-order valence-corrected chi connectivity index (χ4v) is 4.72. The molecule has 0 aliphatic rings. The zero-order valence-corrected chi connectivity index (χ0v) is 18.2. The van der Waals surface area contributed by atoms with Crippen LogP contribution in [0.4, 0.5) is 0 Å². The van der Waals surface area contributed by atoms with Crippen LogP contribution in [0.25, 0.3) is 10.8 Å². The van der Waals surface area contributed by atoms with Crippen molar-refractivity contribution in [2.24, 2.45) is 0 Å². The van der Waals surface area contributed by atoms with E-state index in [4.69, 9.17) is 9.47 Å². The van der Waals surface area contributed by atoms with Crippen molar-refractivity contribution in [2.45, 2.75) is 25.6 Å². The Bertz CT molecular complexity index is 1200. The van der Waals surface area contributed by atoms with E-state index in [0.29, 0.717) is 12.2 Å². The second-order valence-electron chi connectivity index (χ2n) is 7.21. The highest BCUT2D eigenvalue weighted by Gasteiger charge is 2.36. The molecule has 1 atom stereocenters. The standard InChI is InChI=1S/C25H23NO4S/c1-3-25(29-2,24-26-12-13-31-24)20-10-11-22(21(15-20)23(27)28)30-16-17-8-9-18-6-4-5-7-19(18)14-17/h4-15H,3,16H2,1-2H3,(H,27,28). The molecule has 158 valence electrons. The van der Waals surface area contributed by atoms with Gasteiger partial charge in [0.05, 0.1) is 0 Å². The zero-order chi connectivity index (χ0) is 21.8. The first-order valence-corrected chi connectivity index (χ1v) is 10.9. The van der Waals surface area contributed by atoms with E-state index in [0.717, 1.165) is 26.9 Å². The number of carboxylic acid groups (broad SMARTS) is 1. The summed E-state index contributed by atoms with van der Waals surface area (Å²) < 4.78 is 11.8. The molecule has 3 aromatic carbocycles. The highest BCUT2D eigenvalue weighted by Crippen LogP contribution is 2.39. The lowest BCUT2D eigenvalue weighted by Crippen LogP contribution is -2.29. The summed E-state index contributed by atoms with van der Waals surface area (Å²) in [5.74, 6) is -0.722. The highest BCUT2D eigenvalue weighted by atomic mass is 32.1. The lowest BCUT2D eigenvalue weighted by molar-refractivity contribution is 0.0183. The topological polar surface area (TPSA) is 68.7 Å². The van der Waals surface area contributed by atoms with E-state index in [-0.39, 0.29) is 12.2 Å². The second kappa shape index (κ2) is 8.88. The van der Waals surface area contributed by atoms with Crippen molar-refractivity contribution >= 4 is 28.1 Å². The first-order valence-electron chi connectivity index (χ1n) is 10.0. The number of rotatable bonds is 8. The molecule has 0 amide bonds. The number of aromatic nitrogens is 1. The molecular formula is C25H23NO4S. The Kier molecular flexibility index (Phi) is 6.02. The summed E-state index contributed by atoms with van der Waals surface area (Å²) >= 11 is 1.49. The molecule has 0 fully saturated rings. The molecule has 31 heavy (non-hydrogen) atoms. The summed E-state index contributed by atoms with van der Waals surface area (Å²) in [7, 11) is 1.62. The van der Waals surface area contributed by atoms with Crippen LogP contribution in [0, 0.1) is 0 Å². The summed E-state index contributed by atoms with van der Waals surface area (Å²) in [6.45, 7) is 2.27. The number of thiazole rings is 1. The van der Waals surface area contributed by atoms with Crippen LogP contribution < -0.4 is 4.74 Å². The Morgan fingerprint density at radius 2 is 1.90 bits per heavy atom. The molecule has 1 unspecified atom stereocenters. The van der Waals surface area contributed by atoms with Gasteiger partial charge >= 0.3 is 5.97 Å². The maximum absolute atomic E-state index is 12.0. The SMILES string of the molecule is CCC(OC)(c1ccc(OCc2ccc3ccccc3c2)c(C(=O)O)c1)c1nccs1. The maximum atomic E-state index is 12.0. The predicted molar refractivity (Wildman–Crippen MR) is 122 cm³/mol. The molecule has 0 aliphatic heterocycles. The van der Waals surface area contributed by atoms with Crippen molar-refractivity contribution in [1.82, 2.24) is 4.98 Å². The number of methoxy groups -OCH3 is 1. The van der Waals surface area contributed by atoms with E-state index in [1.54, 1.807) is 25.4 Å². The second-order valence-corrected chi connectivity index (χ2v) is 8.10. The molecule has 0 bridgehead atoms. The fraction of sp³-hybridized carbons (Fsp3) is 0.200. The van der Waals surface area contributed by atoms with Gasteiger partial charge in [-0.1, -0.05) is 49.4 Å². The number of carboxylic acids is 1. The molecule has 0 saturated heterocycles. The van der Waals surface area contributed by atoms with E-state index >= 15 is 0 Å². The van der Waals surface area contributed by atoms with Gasteiger partial charge in [0, 0.05) is 18.7 Å². The van der Waals surface area contributed by atoms with Crippen molar-refractivity contribution in [3.63, 3.8) is 0 Å². The smallest absolute Gasteiger partial charge is 0.339 e. The van der Waals surface area contributed by atoms with Gasteiger partial charge in [0.15, 0.2) is 0 Å². The van der Waals surface area contributed by atoms with Gasteiger partial charge in [-0.15, -0.1) is 11.3 Å². The molecule has 4 rings (SSSR count). The van der Waals surface area contributed by atoms with Gasteiger partial charge in [-0.2, -0.15) is 0 Å². The van der Waals surface area contributed by atoms with Crippen LogP contribution in [0.3, 0.4) is 0 Å². The monoisotopic (exact) mass is 433 g/mol. The highest BCUT2D eigenvalue weighted by molar-refractivity contribution is 7.09. The number of nitrogens with zero attached hydrogens (tertiary/aromatic N) is 1. The van der Waals surface area contributed by atoms with E-state index in [2.05, 4.69) is 17.1 Å². The van der Waals surface area contributed by atoms with Crippen molar-refractivity contribution in [3.8, 4) is 5.75 Å². The summed E-state index contributed by atoms with van der Waals surface area (Å²) in [5.41, 5.74) is 1.02. The average molecular weight is 434 g/mol. The van der Waals surface area contributed by atoms with Gasteiger partial charge in [0.2, 0.25) is 0 Å². The average Bonchev–Trinajstić information content (AvgIpc) is 3.34. The van der Waals surface area contributed by atoms with Crippen LogP contribution in [-0.4, -0.2) is 23.2 Å². The number of hydrogen-bond donors (Lipinski definition) is 1. The number of ether oxygens (including phenoxy) is 2. The van der Waals surface area contributed by atoms with Crippen molar-refractivity contribution in [3.05, 3.63) is 93.9 Å². The normalized spacial score (nSPS) is 13.1. The largest absolute Gasteiger partial charge is 0.488 e. The lowest BCUT2D eigenvalue weighted by atomic mass is 9.90. The van der Waals surface area contributed by atoms with Crippen LogP contribution in [0.2, 0.25) is 0 Å². The summed E-state index contributed by atoms with van der Waals surface area (Å²) in [6.07, 6.45) is 2.34. The molecule has 4 aromatic rings. The molecule has 0 spiro atoms. The summed E-state index contributed by atoms with van der Waals surface area (Å²) in [6, 6.07) is 19.4. The van der Waals surface area contributed by atoms with Gasteiger partial charge in [-0.25, -0.2) is 9.78 Å². The lowest BCUT2D eigenvalue weighted by Gasteiger charge is -2.30. The number of hydrogen-bond acceptors (Lipinski definition) is 5. The minimum absolute atomic E-state index is 0.102. The quantitative estimate of drug-likeness (QED) is 0.376. The Labute approximate surface area is 184 Å². The third-order valence-corrected chi connectivity index (χ3v) is 6.42. The van der Waals surface area contributed by atoms with E-state index in [1.807, 2.05) is 48.7 Å². The van der Waals surface area contributed by atoms with Gasteiger partial charge in [-0.3, -0.25) is 0 Å². The van der Waals surface area contributed by atoms with Gasteiger partial charge in [0.1, 0.15) is 28.5 Å². The molecule has 1 heterocycles. The maximum Gasteiger partial charge on any atom is 0.339 e. The third kappa shape index (κ3) is 4.04. The van der Waals surface area contributed by atoms with Gasteiger partial charge < -0.3 is 14.6 Å². The molecule has 6 heteroatoms. The Hall–Kier alpha value is -3.22. The molecular weight excluding hydrogens is 410 g/mol. The van der Waals surface area contributed by atoms with Crippen molar-refractivity contribution < 1.29 is 19.4 Å². The van der Waals surface area contributed by atoms with Crippen LogP contribution in [0.1, 0.15) is 39.8 Å². The van der Waals surface area contributed by atoms with Crippen molar-refractivity contribution in [2.75, 3.05) is 7.11 Å². The molecule has 0 saturated carbocycles. The Balaban J connectivity index is 1.65. The van der Waals surface area contributed by atoms with Gasteiger partial charge in [0.25, 0.3) is 0 Å². The number of aromatic carboxylic acids is 1. The fourth-order valence-electron chi connectivity index (χ4n) is 3.82. The van der Waals surface area contributed by atoms with Crippen LogP contribution in [-0.2, 0) is 16.9 Å². The summed E-state index contributed by atoms with van der Waals surface area (Å²) in [5, 5.41) is 14.8. The minimum atomic E-state index is -1.05. The molecule has 0 aliphatic carbocycles. The summed E-state index contributed by atoms with van der Waals surface area (Å²) in [4.78, 5) is 16.4. The van der Waals surface area contributed by atoms with Crippen molar-refractivity contribution in [1.29, 1.82) is 0 Å². The van der Waals surface area contributed by atoms with E-state index < -0.39 is 11.6 Å². The predicted octanol–water partition coefficient (Wildman–Crippen LogP) is 5.87. The number of carbonyl (C=O) groups is 1. The molecule has 0 radical (unpaired) electrons. The Morgan fingerprint density at radius 1 is 1.10 bits per heavy atom. The minimum Gasteiger partial charge on any atom is -0.488 e. The molecule has 5 nitrogen and oxygen atoms in total. The zero-order valence-electron chi connectivity index (χ0n) is 17.4. The third-order valence-electron chi connectivity index (χ3n) is 5.51. The van der Waals surface area contributed by atoms with Crippen LogP contribution >= 0.6 is 11.3 Å². The van der Waals surface area contributed by atoms with Crippen LogP contribution in [0.5, 0.6) is 5.75 Å². The Morgan fingerprint density at radius 3 is 2.58 bits per heavy atom. The van der Waals surface area contributed by atoms with E-state index in [1.165, 1.54) is 11.3 Å². The van der Waals surface area contributed by atoms with E-state index in [9.17, 15) is 9.90 Å².